The molecule has 0 N–H and O–H groups in total. The molecule has 0 radical (unpaired) electrons. The zero-order valence-corrected chi connectivity index (χ0v) is 25.1. The van der Waals surface area contributed by atoms with E-state index in [1.54, 1.807) is 29.2 Å². The Bertz CT molecular complexity index is 1740. The van der Waals surface area contributed by atoms with Gasteiger partial charge in [-0.1, -0.05) is 24.3 Å². The van der Waals surface area contributed by atoms with E-state index >= 15 is 0 Å². The molecule has 1 aliphatic heterocycles. The summed E-state index contributed by atoms with van der Waals surface area (Å²) in [7, 11) is 1.53. The van der Waals surface area contributed by atoms with Crippen LogP contribution in [0.25, 0.3) is 10.8 Å². The summed E-state index contributed by atoms with van der Waals surface area (Å²) in [5, 5.41) is 4.19. The minimum Gasteiger partial charge on any atom is -0.497 e. The molecule has 250 valence electrons. The number of rotatable bonds is 10. The Kier molecular flexibility index (Phi) is 9.98. The Morgan fingerprint density at radius 1 is 0.915 bits per heavy atom. The van der Waals surface area contributed by atoms with Gasteiger partial charge in [-0.3, -0.25) is 9.59 Å². The van der Waals surface area contributed by atoms with Crippen molar-refractivity contribution in [2.45, 2.75) is 37.8 Å². The van der Waals surface area contributed by atoms with Gasteiger partial charge in [0.25, 0.3) is 5.56 Å². The molecule has 1 fully saturated rings. The highest BCUT2D eigenvalue weighted by molar-refractivity contribution is 5.84. The van der Waals surface area contributed by atoms with Crippen LogP contribution in [0, 0.1) is 0 Å². The summed E-state index contributed by atoms with van der Waals surface area (Å²) >= 11 is 0. The van der Waals surface area contributed by atoms with Crippen LogP contribution >= 0.6 is 0 Å². The van der Waals surface area contributed by atoms with E-state index in [0.29, 0.717) is 18.1 Å². The van der Waals surface area contributed by atoms with Crippen LogP contribution in [0.1, 0.15) is 35.6 Å². The van der Waals surface area contributed by atoms with Gasteiger partial charge in [-0.2, -0.15) is 31.4 Å². The largest absolute Gasteiger partial charge is 0.497 e. The highest BCUT2D eigenvalue weighted by atomic mass is 19.4. The minimum atomic E-state index is -4.81. The Morgan fingerprint density at radius 2 is 1.60 bits per heavy atom. The summed E-state index contributed by atoms with van der Waals surface area (Å²) in [6, 6.07) is 11.0. The lowest BCUT2D eigenvalue weighted by Gasteiger charge is -2.34. The lowest BCUT2D eigenvalue weighted by molar-refractivity contribution is -0.223. The van der Waals surface area contributed by atoms with E-state index in [9.17, 15) is 35.9 Å². The number of benzene rings is 2. The van der Waals surface area contributed by atoms with Crippen molar-refractivity contribution in [3.05, 3.63) is 88.1 Å². The van der Waals surface area contributed by atoms with Crippen LogP contribution in [0.2, 0.25) is 0 Å². The topological polar surface area (TPSA) is 103 Å². The van der Waals surface area contributed by atoms with E-state index < -0.39 is 29.6 Å². The fraction of sp³-hybridized carbons (Fsp3) is 0.387. The number of ether oxygens (including phenoxy) is 2. The molecule has 0 aliphatic carbocycles. The fourth-order valence-electron chi connectivity index (χ4n) is 5.21. The number of carbonyl (C=O) groups excluding carboxylic acids is 1. The third-order valence-electron chi connectivity index (χ3n) is 7.70. The number of methoxy groups -OCH3 is 1. The average molecular weight is 665 g/mol. The van der Waals surface area contributed by atoms with Crippen molar-refractivity contribution in [3.8, 4) is 5.75 Å². The number of alkyl halides is 6. The SMILES string of the molecule is COc1ccc(Cn2ncc3c(C(OCCCC(=O)N4CCN(c5ncc(C(F)(F)F)cn5)CC4)C(F)(F)F)cccc3c2=O)cc1. The first-order valence-electron chi connectivity index (χ1n) is 14.6. The van der Waals surface area contributed by atoms with Crippen LogP contribution in [0.4, 0.5) is 32.3 Å². The highest BCUT2D eigenvalue weighted by Crippen LogP contribution is 2.38. The molecule has 0 saturated carbocycles. The maximum atomic E-state index is 14.2. The van der Waals surface area contributed by atoms with Gasteiger partial charge in [-0.05, 0) is 35.7 Å². The van der Waals surface area contributed by atoms with Crippen molar-refractivity contribution in [2.75, 3.05) is 44.8 Å². The number of nitrogens with zero attached hydrogens (tertiary/aromatic N) is 6. The van der Waals surface area contributed by atoms with Gasteiger partial charge in [0.2, 0.25) is 11.9 Å². The molecule has 2 aromatic heterocycles. The molecule has 16 heteroatoms. The maximum absolute atomic E-state index is 14.2. The lowest BCUT2D eigenvalue weighted by atomic mass is 10.0. The average Bonchev–Trinajstić information content (AvgIpc) is 3.05. The number of carbonyl (C=O) groups is 1. The molecule has 2 aromatic carbocycles. The number of piperazine rings is 1. The molecule has 1 aliphatic rings. The molecular formula is C31H30F6N6O4. The van der Waals surface area contributed by atoms with Crippen molar-refractivity contribution < 1.29 is 40.6 Å². The normalized spacial score (nSPS) is 14.8. The molecule has 5 rings (SSSR count). The molecule has 10 nitrogen and oxygen atoms in total. The van der Waals surface area contributed by atoms with Gasteiger partial charge in [0.1, 0.15) is 5.75 Å². The summed E-state index contributed by atoms with van der Waals surface area (Å²) in [6.45, 7) is 0.769. The highest BCUT2D eigenvalue weighted by Gasteiger charge is 2.43. The Hall–Kier alpha value is -4.73. The summed E-state index contributed by atoms with van der Waals surface area (Å²) in [5.41, 5.74) is -1.04. The molecule has 0 bridgehead atoms. The van der Waals surface area contributed by atoms with Crippen molar-refractivity contribution in [2.24, 2.45) is 0 Å². The van der Waals surface area contributed by atoms with Crippen LogP contribution < -0.4 is 15.2 Å². The van der Waals surface area contributed by atoms with Gasteiger partial charge in [0.15, 0.2) is 6.10 Å². The predicted molar refractivity (Wildman–Crippen MR) is 158 cm³/mol. The van der Waals surface area contributed by atoms with Gasteiger partial charge in [-0.25, -0.2) is 14.6 Å². The summed E-state index contributed by atoms with van der Waals surface area (Å²) < 4.78 is 92.5. The van der Waals surface area contributed by atoms with Crippen molar-refractivity contribution >= 4 is 22.6 Å². The number of amides is 1. The quantitative estimate of drug-likeness (QED) is 0.172. The third-order valence-corrected chi connectivity index (χ3v) is 7.70. The molecule has 1 saturated heterocycles. The van der Waals surface area contributed by atoms with E-state index in [-0.39, 0.29) is 80.4 Å². The van der Waals surface area contributed by atoms with Crippen LogP contribution in [-0.2, 0) is 22.3 Å². The molecule has 1 atom stereocenters. The molecule has 1 amide bonds. The van der Waals surface area contributed by atoms with E-state index in [1.807, 2.05) is 0 Å². The molecule has 4 aromatic rings. The van der Waals surface area contributed by atoms with Gasteiger partial charge >= 0.3 is 12.4 Å². The molecule has 3 heterocycles. The van der Waals surface area contributed by atoms with Gasteiger partial charge in [-0.15, -0.1) is 0 Å². The second-order valence-corrected chi connectivity index (χ2v) is 10.8. The molecule has 47 heavy (non-hydrogen) atoms. The summed E-state index contributed by atoms with van der Waals surface area (Å²) in [6.07, 6.45) is -9.18. The van der Waals surface area contributed by atoms with Crippen LogP contribution in [-0.4, -0.2) is 76.6 Å². The van der Waals surface area contributed by atoms with E-state index in [0.717, 1.165) is 5.56 Å². The van der Waals surface area contributed by atoms with Crippen LogP contribution in [0.5, 0.6) is 5.75 Å². The van der Waals surface area contributed by atoms with Gasteiger partial charge in [0, 0.05) is 57.0 Å². The van der Waals surface area contributed by atoms with Crippen molar-refractivity contribution in [1.82, 2.24) is 24.6 Å². The molecule has 0 spiro atoms. The first-order chi connectivity index (χ1) is 22.3. The smallest absolute Gasteiger partial charge is 0.419 e. The third kappa shape index (κ3) is 7.99. The number of fused-ring (bicyclic) bond motifs is 1. The zero-order chi connectivity index (χ0) is 33.8. The number of anilines is 1. The van der Waals surface area contributed by atoms with Crippen LogP contribution in [0.15, 0.2) is 65.8 Å². The van der Waals surface area contributed by atoms with Gasteiger partial charge in [0.05, 0.1) is 30.8 Å². The monoisotopic (exact) mass is 664 g/mol. The van der Waals surface area contributed by atoms with Gasteiger partial charge < -0.3 is 19.3 Å². The predicted octanol–water partition coefficient (Wildman–Crippen LogP) is 5.01. The minimum absolute atomic E-state index is 0.00528. The Morgan fingerprint density at radius 3 is 2.21 bits per heavy atom. The van der Waals surface area contributed by atoms with E-state index in [4.69, 9.17) is 9.47 Å². The van der Waals surface area contributed by atoms with Crippen molar-refractivity contribution in [3.63, 3.8) is 0 Å². The van der Waals surface area contributed by atoms with Crippen LogP contribution in [0.3, 0.4) is 0 Å². The number of hydrogen-bond donors (Lipinski definition) is 0. The number of aromatic nitrogens is 4. The summed E-state index contributed by atoms with van der Waals surface area (Å²) in [4.78, 5) is 36.6. The molecule has 1 unspecified atom stereocenters. The van der Waals surface area contributed by atoms with E-state index in [1.165, 1.54) is 41.1 Å². The second kappa shape index (κ2) is 13.9. The first kappa shape index (κ1) is 33.6. The Labute approximate surface area is 264 Å². The number of hydrogen-bond acceptors (Lipinski definition) is 8. The second-order valence-electron chi connectivity index (χ2n) is 10.8. The number of halogens is 6. The maximum Gasteiger partial charge on any atom is 0.419 e. The van der Waals surface area contributed by atoms with E-state index in [2.05, 4.69) is 15.1 Å². The summed E-state index contributed by atoms with van der Waals surface area (Å²) in [5.74, 6) is 0.446. The standard InChI is InChI=1S/C31H30F6N6O4/c1-46-22-9-7-20(8-10-22)19-43-28(45)24-5-2-4-23(25(24)18-40-43)27(31(35,36)37)47-15-3-6-26(44)41-11-13-42(14-12-41)29-38-16-21(17-39-29)30(32,33)34/h2,4-5,7-10,16-18,27H,3,6,11-15,19H2,1H3. The molecular weight excluding hydrogens is 634 g/mol. The zero-order valence-electron chi connectivity index (χ0n) is 25.1. The fourth-order valence-corrected chi connectivity index (χ4v) is 5.21. The Balaban J connectivity index is 1.18. The van der Waals surface area contributed by atoms with Crippen molar-refractivity contribution in [1.29, 1.82) is 0 Å². The first-order valence-corrected chi connectivity index (χ1v) is 14.6. The lowest BCUT2D eigenvalue weighted by Crippen LogP contribution is -2.49.